The molecule has 4 rings (SSSR count). The van der Waals surface area contributed by atoms with Crippen LogP contribution in [0, 0.1) is 0 Å². The van der Waals surface area contributed by atoms with Gasteiger partial charge in [-0.3, -0.25) is 14.4 Å². The van der Waals surface area contributed by atoms with Crippen molar-refractivity contribution in [2.24, 2.45) is 0 Å². The quantitative estimate of drug-likeness (QED) is 0.605. The molecule has 0 saturated carbocycles. The van der Waals surface area contributed by atoms with E-state index in [9.17, 15) is 14.4 Å². The third kappa shape index (κ3) is 4.86. The van der Waals surface area contributed by atoms with Crippen molar-refractivity contribution in [3.05, 3.63) is 95.6 Å². The molecule has 3 aromatic carbocycles. The van der Waals surface area contributed by atoms with Gasteiger partial charge < -0.3 is 15.5 Å². The van der Waals surface area contributed by atoms with Gasteiger partial charge in [0.2, 0.25) is 5.91 Å². The Balaban J connectivity index is 1.39. The summed E-state index contributed by atoms with van der Waals surface area (Å²) in [6, 6.07) is 23.3. The Morgan fingerprint density at radius 3 is 2.28 bits per heavy atom. The topological polar surface area (TPSA) is 78.5 Å². The van der Waals surface area contributed by atoms with Crippen molar-refractivity contribution in [1.82, 2.24) is 5.32 Å². The van der Waals surface area contributed by atoms with Crippen molar-refractivity contribution >= 4 is 29.1 Å². The number of nitrogens with one attached hydrogen (secondary N) is 2. The fraction of sp³-hybridized carbons (Fsp3) is 0.192. The van der Waals surface area contributed by atoms with Crippen LogP contribution in [-0.2, 0) is 4.79 Å². The van der Waals surface area contributed by atoms with Crippen molar-refractivity contribution in [2.75, 3.05) is 16.8 Å². The van der Waals surface area contributed by atoms with E-state index >= 15 is 0 Å². The van der Waals surface area contributed by atoms with E-state index in [0.717, 1.165) is 24.2 Å². The molecule has 3 amide bonds. The van der Waals surface area contributed by atoms with Crippen molar-refractivity contribution in [1.29, 1.82) is 0 Å². The molecule has 0 aliphatic carbocycles. The number of hydrogen-bond acceptors (Lipinski definition) is 3. The van der Waals surface area contributed by atoms with E-state index in [2.05, 4.69) is 10.6 Å². The lowest BCUT2D eigenvalue weighted by Crippen LogP contribution is -2.27. The van der Waals surface area contributed by atoms with Gasteiger partial charge in [0.15, 0.2) is 0 Å². The summed E-state index contributed by atoms with van der Waals surface area (Å²) in [5, 5.41) is 5.88. The molecule has 6 nitrogen and oxygen atoms in total. The Morgan fingerprint density at radius 1 is 0.875 bits per heavy atom. The lowest BCUT2D eigenvalue weighted by molar-refractivity contribution is -0.117. The normalized spacial score (nSPS) is 14.2. The van der Waals surface area contributed by atoms with Gasteiger partial charge in [0.25, 0.3) is 11.8 Å². The Kier molecular flexibility index (Phi) is 6.31. The predicted molar refractivity (Wildman–Crippen MR) is 125 cm³/mol. The van der Waals surface area contributed by atoms with E-state index in [1.807, 2.05) is 61.5 Å². The smallest absolute Gasteiger partial charge is 0.255 e. The summed E-state index contributed by atoms with van der Waals surface area (Å²) < 4.78 is 0. The number of carbonyl (C=O) groups is 3. The molecule has 1 saturated heterocycles. The first-order valence-electron chi connectivity index (χ1n) is 10.7. The van der Waals surface area contributed by atoms with Gasteiger partial charge in [-0.1, -0.05) is 30.3 Å². The lowest BCUT2D eigenvalue weighted by Gasteiger charge is -2.17. The van der Waals surface area contributed by atoms with E-state index in [4.69, 9.17) is 0 Å². The largest absolute Gasteiger partial charge is 0.346 e. The first kappa shape index (κ1) is 21.3. The van der Waals surface area contributed by atoms with Crippen LogP contribution in [0.15, 0.2) is 78.9 Å². The molecule has 1 atom stereocenters. The fourth-order valence-electron chi connectivity index (χ4n) is 3.76. The van der Waals surface area contributed by atoms with Gasteiger partial charge in [0, 0.05) is 35.5 Å². The highest BCUT2D eigenvalue weighted by Gasteiger charge is 2.22. The molecule has 6 heteroatoms. The maximum absolute atomic E-state index is 12.7. The molecule has 1 aliphatic heterocycles. The molecule has 0 bridgehead atoms. The van der Waals surface area contributed by atoms with Gasteiger partial charge in [-0.2, -0.15) is 0 Å². The molecule has 0 radical (unpaired) electrons. The lowest BCUT2D eigenvalue weighted by atomic mass is 10.1. The molecule has 1 heterocycles. The number of rotatable bonds is 6. The number of carbonyl (C=O) groups excluding carboxylic acids is 3. The molecule has 32 heavy (non-hydrogen) atoms. The van der Waals surface area contributed by atoms with Crippen LogP contribution in [0.3, 0.4) is 0 Å². The van der Waals surface area contributed by atoms with Crippen LogP contribution in [0.1, 0.15) is 52.1 Å². The second kappa shape index (κ2) is 9.47. The minimum Gasteiger partial charge on any atom is -0.346 e. The number of anilines is 2. The third-order valence-corrected chi connectivity index (χ3v) is 5.54. The van der Waals surface area contributed by atoms with Gasteiger partial charge >= 0.3 is 0 Å². The average Bonchev–Trinajstić information content (AvgIpc) is 3.25. The fourth-order valence-corrected chi connectivity index (χ4v) is 3.76. The van der Waals surface area contributed by atoms with E-state index < -0.39 is 0 Å². The van der Waals surface area contributed by atoms with Crippen LogP contribution in [0.5, 0.6) is 0 Å². The summed E-state index contributed by atoms with van der Waals surface area (Å²) in [7, 11) is 0. The Bertz CT molecular complexity index is 1130. The average molecular weight is 428 g/mol. The molecule has 162 valence electrons. The maximum Gasteiger partial charge on any atom is 0.255 e. The summed E-state index contributed by atoms with van der Waals surface area (Å²) in [5.41, 5.74) is 3.47. The molecule has 3 aromatic rings. The van der Waals surface area contributed by atoms with Gasteiger partial charge in [-0.25, -0.2) is 0 Å². The highest BCUT2D eigenvalue weighted by atomic mass is 16.2. The molecule has 0 spiro atoms. The zero-order chi connectivity index (χ0) is 22.5. The van der Waals surface area contributed by atoms with E-state index in [1.54, 1.807) is 29.2 Å². The second-order valence-electron chi connectivity index (χ2n) is 7.84. The summed E-state index contributed by atoms with van der Waals surface area (Å²) in [4.78, 5) is 38.7. The maximum atomic E-state index is 12.7. The van der Waals surface area contributed by atoms with Gasteiger partial charge in [0.1, 0.15) is 0 Å². The SMILES string of the molecule is CC(NC(=O)c1ccc(N2CCCC2=O)cc1)c1cccc(NC(=O)c2ccccc2)c1. The molecule has 0 aromatic heterocycles. The van der Waals surface area contributed by atoms with Gasteiger partial charge in [-0.05, 0) is 67.4 Å². The van der Waals surface area contributed by atoms with Crippen molar-refractivity contribution in [2.45, 2.75) is 25.8 Å². The highest BCUT2D eigenvalue weighted by molar-refractivity contribution is 6.04. The summed E-state index contributed by atoms with van der Waals surface area (Å²) in [6.07, 6.45) is 1.44. The first-order valence-corrected chi connectivity index (χ1v) is 10.7. The minimum absolute atomic E-state index is 0.120. The van der Waals surface area contributed by atoms with Crippen LogP contribution in [0.4, 0.5) is 11.4 Å². The molecule has 2 N–H and O–H groups in total. The van der Waals surface area contributed by atoms with Crippen LogP contribution in [0.25, 0.3) is 0 Å². The second-order valence-corrected chi connectivity index (χ2v) is 7.84. The van der Waals surface area contributed by atoms with Crippen LogP contribution < -0.4 is 15.5 Å². The monoisotopic (exact) mass is 427 g/mol. The van der Waals surface area contributed by atoms with Crippen molar-refractivity contribution < 1.29 is 14.4 Å². The van der Waals surface area contributed by atoms with E-state index in [0.29, 0.717) is 23.2 Å². The minimum atomic E-state index is -0.254. The Morgan fingerprint density at radius 2 is 1.59 bits per heavy atom. The first-order chi connectivity index (χ1) is 15.5. The molecule has 1 unspecified atom stereocenters. The van der Waals surface area contributed by atoms with Crippen LogP contribution >= 0.6 is 0 Å². The standard InChI is InChI=1S/C26H25N3O3/c1-18(21-9-5-10-22(17-21)28-26(32)19-7-3-2-4-8-19)27-25(31)20-12-14-23(15-13-20)29-16-6-11-24(29)30/h2-5,7-10,12-15,17-18H,6,11,16H2,1H3,(H,27,31)(H,28,32). The zero-order valence-electron chi connectivity index (χ0n) is 17.9. The third-order valence-electron chi connectivity index (χ3n) is 5.54. The number of nitrogens with zero attached hydrogens (tertiary/aromatic N) is 1. The van der Waals surface area contributed by atoms with E-state index in [-0.39, 0.29) is 23.8 Å². The highest BCUT2D eigenvalue weighted by Crippen LogP contribution is 2.22. The molecule has 1 aliphatic rings. The predicted octanol–water partition coefficient (Wildman–Crippen LogP) is 4.56. The summed E-state index contributed by atoms with van der Waals surface area (Å²) in [5.74, 6) is -0.262. The number of amides is 3. The van der Waals surface area contributed by atoms with Gasteiger partial charge in [0.05, 0.1) is 6.04 Å². The Hall–Kier alpha value is -3.93. The summed E-state index contributed by atoms with van der Waals surface area (Å²) in [6.45, 7) is 2.62. The molecular weight excluding hydrogens is 402 g/mol. The number of benzene rings is 3. The zero-order valence-corrected chi connectivity index (χ0v) is 17.9. The van der Waals surface area contributed by atoms with Crippen molar-refractivity contribution in [3.63, 3.8) is 0 Å². The number of hydrogen-bond donors (Lipinski definition) is 2. The van der Waals surface area contributed by atoms with Crippen molar-refractivity contribution in [3.8, 4) is 0 Å². The van der Waals surface area contributed by atoms with E-state index in [1.165, 1.54) is 0 Å². The molecule has 1 fully saturated rings. The molecular formula is C26H25N3O3. The van der Waals surface area contributed by atoms with Gasteiger partial charge in [-0.15, -0.1) is 0 Å². The summed E-state index contributed by atoms with van der Waals surface area (Å²) >= 11 is 0. The van der Waals surface area contributed by atoms with Crippen LogP contribution in [-0.4, -0.2) is 24.3 Å². The Labute approximate surface area is 187 Å². The van der Waals surface area contributed by atoms with Crippen LogP contribution in [0.2, 0.25) is 0 Å².